The van der Waals surface area contributed by atoms with Crippen molar-refractivity contribution in [3.8, 4) is 5.75 Å². The second kappa shape index (κ2) is 9.02. The van der Waals surface area contributed by atoms with E-state index >= 15 is 0 Å². The number of aromatic nitrogens is 1. The molecule has 0 saturated carbocycles. The molecule has 0 radical (unpaired) electrons. The number of hydrogen-bond acceptors (Lipinski definition) is 5. The number of carbonyl (C=O) groups is 1. The first-order valence-corrected chi connectivity index (χ1v) is 12.1. The summed E-state index contributed by atoms with van der Waals surface area (Å²) in [6, 6.07) is 10.8. The van der Waals surface area contributed by atoms with Gasteiger partial charge < -0.3 is 14.2 Å². The molecule has 1 aromatic heterocycles. The maximum Gasteiger partial charge on any atom is 0.243 e. The number of hydrogen-bond donors (Lipinski definition) is 0. The zero-order valence-electron chi connectivity index (χ0n) is 18.1. The zero-order chi connectivity index (χ0) is 22.0. The lowest BCUT2D eigenvalue weighted by atomic mass is 10.1. The number of amides is 1. The summed E-state index contributed by atoms with van der Waals surface area (Å²) in [4.78, 5) is 17.2. The number of piperazine rings is 1. The summed E-state index contributed by atoms with van der Waals surface area (Å²) in [6.45, 7) is 2.73. The molecule has 1 amide bonds. The molecule has 0 bridgehead atoms. The number of aryl methyl sites for hydroxylation is 1. The smallest absolute Gasteiger partial charge is 0.243 e. The summed E-state index contributed by atoms with van der Waals surface area (Å²) < 4.78 is 34.5. The first kappa shape index (κ1) is 21.9. The van der Waals surface area contributed by atoms with Crippen LogP contribution < -0.4 is 4.74 Å². The third-order valence-electron chi connectivity index (χ3n) is 6.32. The van der Waals surface area contributed by atoms with Gasteiger partial charge in [0.15, 0.2) is 0 Å². The normalized spacial score (nSPS) is 20.8. The van der Waals surface area contributed by atoms with Crippen molar-refractivity contribution < 1.29 is 17.9 Å². The van der Waals surface area contributed by atoms with Gasteiger partial charge in [0.05, 0.1) is 24.6 Å². The second-order valence-corrected chi connectivity index (χ2v) is 10.1. The molecule has 0 spiro atoms. The van der Waals surface area contributed by atoms with Gasteiger partial charge in [0.25, 0.3) is 0 Å². The molecule has 2 saturated heterocycles. The van der Waals surface area contributed by atoms with Gasteiger partial charge in [0, 0.05) is 45.1 Å². The largest absolute Gasteiger partial charge is 0.497 e. The third kappa shape index (κ3) is 4.49. The van der Waals surface area contributed by atoms with Crippen LogP contribution in [0.4, 0.5) is 0 Å². The Kier molecular flexibility index (Phi) is 6.36. The van der Waals surface area contributed by atoms with E-state index in [9.17, 15) is 13.2 Å². The third-order valence-corrected chi connectivity index (χ3v) is 8.23. The average Bonchev–Trinajstić information content (AvgIpc) is 3.42. The van der Waals surface area contributed by atoms with E-state index in [2.05, 4.69) is 15.5 Å². The van der Waals surface area contributed by atoms with Crippen molar-refractivity contribution >= 4 is 15.9 Å². The van der Waals surface area contributed by atoms with Crippen LogP contribution in [0.5, 0.6) is 5.75 Å². The van der Waals surface area contributed by atoms with Crippen LogP contribution in [-0.2, 0) is 21.9 Å². The van der Waals surface area contributed by atoms with Crippen LogP contribution in [0.1, 0.15) is 24.6 Å². The zero-order valence-corrected chi connectivity index (χ0v) is 18.9. The Bertz CT molecular complexity index is 1010. The van der Waals surface area contributed by atoms with Crippen LogP contribution >= 0.6 is 0 Å². The summed E-state index contributed by atoms with van der Waals surface area (Å²) in [6.07, 6.45) is 4.17. The number of ether oxygens (including phenoxy) is 1. The lowest BCUT2D eigenvalue weighted by Gasteiger charge is -2.35. The average molecular weight is 447 g/mol. The summed E-state index contributed by atoms with van der Waals surface area (Å²) in [5.74, 6) is 0.688. The van der Waals surface area contributed by atoms with Crippen LogP contribution in [0.2, 0.25) is 0 Å². The quantitative estimate of drug-likeness (QED) is 0.675. The van der Waals surface area contributed by atoms with Crippen LogP contribution in [0.3, 0.4) is 0 Å². The van der Waals surface area contributed by atoms with Crippen molar-refractivity contribution in [3.05, 3.63) is 48.3 Å². The minimum Gasteiger partial charge on any atom is -0.497 e. The lowest BCUT2D eigenvalue weighted by molar-refractivity contribution is -0.133. The maximum atomic E-state index is 12.9. The van der Waals surface area contributed by atoms with Crippen LogP contribution in [0.25, 0.3) is 0 Å². The fourth-order valence-electron chi connectivity index (χ4n) is 4.52. The fourth-order valence-corrected chi connectivity index (χ4v) is 5.94. The molecular weight excluding hydrogens is 416 g/mol. The highest BCUT2D eigenvalue weighted by Gasteiger charge is 2.33. The summed E-state index contributed by atoms with van der Waals surface area (Å²) in [7, 11) is 0.00837. The van der Waals surface area contributed by atoms with Crippen molar-refractivity contribution in [2.45, 2.75) is 23.8 Å². The van der Waals surface area contributed by atoms with Gasteiger partial charge in [-0.25, -0.2) is 8.42 Å². The van der Waals surface area contributed by atoms with Gasteiger partial charge in [-0.05, 0) is 55.8 Å². The van der Waals surface area contributed by atoms with E-state index in [4.69, 9.17) is 4.74 Å². The molecule has 8 nitrogen and oxygen atoms in total. The number of nitrogens with zero attached hydrogens (tertiary/aromatic N) is 4. The predicted octanol–water partition coefficient (Wildman–Crippen LogP) is 1.70. The molecule has 0 unspecified atom stereocenters. The van der Waals surface area contributed by atoms with Crippen LogP contribution in [0, 0.1) is 0 Å². The van der Waals surface area contributed by atoms with E-state index in [1.54, 1.807) is 36.3 Å². The van der Waals surface area contributed by atoms with Gasteiger partial charge in [-0.1, -0.05) is 0 Å². The first-order valence-electron chi connectivity index (χ1n) is 10.7. The molecular formula is C22H30N4O4S. The standard InChI is InChI=1S/C22H30N4O4S/c1-23-11-3-5-20(23)21-6-4-12-25(21)17-22(27)24-13-15-26(16-14-24)31(28,29)19-9-7-18(30-2)8-10-19/h3,5,7-11,21H,4,6,12-17H2,1-2H3/t21-/m0/s1. The Hall–Kier alpha value is -2.36. The van der Waals surface area contributed by atoms with Crippen molar-refractivity contribution in [2.75, 3.05) is 46.4 Å². The number of benzene rings is 1. The van der Waals surface area contributed by atoms with E-state index in [1.165, 1.54) is 10.00 Å². The Morgan fingerprint density at radius 1 is 1.06 bits per heavy atom. The van der Waals surface area contributed by atoms with E-state index in [0.717, 1.165) is 19.4 Å². The van der Waals surface area contributed by atoms with Crippen LogP contribution in [0.15, 0.2) is 47.5 Å². The summed E-state index contributed by atoms with van der Waals surface area (Å²) in [5.41, 5.74) is 1.24. The summed E-state index contributed by atoms with van der Waals surface area (Å²) >= 11 is 0. The molecule has 3 heterocycles. The molecule has 4 rings (SSSR count). The van der Waals surface area contributed by atoms with Gasteiger partial charge in [-0.2, -0.15) is 4.31 Å². The number of sulfonamides is 1. The lowest BCUT2D eigenvalue weighted by Crippen LogP contribution is -2.52. The van der Waals surface area contributed by atoms with Gasteiger partial charge in [-0.15, -0.1) is 0 Å². The Labute approximate surface area is 184 Å². The minimum atomic E-state index is -3.58. The molecule has 168 valence electrons. The Morgan fingerprint density at radius 2 is 1.77 bits per heavy atom. The van der Waals surface area contributed by atoms with Gasteiger partial charge >= 0.3 is 0 Å². The molecule has 9 heteroatoms. The van der Waals surface area contributed by atoms with E-state index in [1.807, 2.05) is 19.3 Å². The molecule has 0 aliphatic carbocycles. The van der Waals surface area contributed by atoms with Crippen molar-refractivity contribution in [3.63, 3.8) is 0 Å². The molecule has 2 aromatic rings. The van der Waals surface area contributed by atoms with E-state index in [0.29, 0.717) is 38.5 Å². The maximum absolute atomic E-state index is 12.9. The van der Waals surface area contributed by atoms with Gasteiger partial charge in [0.2, 0.25) is 15.9 Å². The number of likely N-dealkylation sites (tertiary alicyclic amines) is 1. The highest BCUT2D eigenvalue weighted by atomic mass is 32.2. The second-order valence-electron chi connectivity index (χ2n) is 8.13. The number of rotatable bonds is 6. The SMILES string of the molecule is COc1ccc(S(=O)(=O)N2CCN(C(=O)CN3CCC[C@H]3c3cccn3C)CC2)cc1. The molecule has 2 aliphatic heterocycles. The Morgan fingerprint density at radius 3 is 2.39 bits per heavy atom. The minimum absolute atomic E-state index is 0.0719. The highest BCUT2D eigenvalue weighted by molar-refractivity contribution is 7.89. The van der Waals surface area contributed by atoms with Crippen LogP contribution in [-0.4, -0.2) is 79.4 Å². The predicted molar refractivity (Wildman–Crippen MR) is 117 cm³/mol. The monoisotopic (exact) mass is 446 g/mol. The number of carbonyl (C=O) groups excluding carboxylic acids is 1. The van der Waals surface area contributed by atoms with Crippen molar-refractivity contribution in [1.82, 2.24) is 18.7 Å². The molecule has 1 aromatic carbocycles. The van der Waals surface area contributed by atoms with E-state index in [-0.39, 0.29) is 16.8 Å². The first-order chi connectivity index (χ1) is 14.9. The molecule has 2 fully saturated rings. The highest BCUT2D eigenvalue weighted by Crippen LogP contribution is 2.31. The molecule has 2 aliphatic rings. The van der Waals surface area contributed by atoms with Crippen molar-refractivity contribution in [1.29, 1.82) is 0 Å². The number of methoxy groups -OCH3 is 1. The molecule has 31 heavy (non-hydrogen) atoms. The molecule has 1 atom stereocenters. The van der Waals surface area contributed by atoms with Gasteiger partial charge in [0.1, 0.15) is 5.75 Å². The van der Waals surface area contributed by atoms with Crippen molar-refractivity contribution in [2.24, 2.45) is 7.05 Å². The van der Waals surface area contributed by atoms with Gasteiger partial charge in [-0.3, -0.25) is 9.69 Å². The van der Waals surface area contributed by atoms with E-state index < -0.39 is 10.0 Å². The summed E-state index contributed by atoms with van der Waals surface area (Å²) in [5, 5.41) is 0. The fraction of sp³-hybridized carbons (Fsp3) is 0.500. The molecule has 0 N–H and O–H groups in total. The Balaban J connectivity index is 1.35. The topological polar surface area (TPSA) is 75.1 Å².